The third-order valence-corrected chi connectivity index (χ3v) is 3.40. The van der Waals surface area contributed by atoms with Gasteiger partial charge in [0, 0.05) is 13.2 Å². The summed E-state index contributed by atoms with van der Waals surface area (Å²) in [6, 6.07) is 0. The van der Waals surface area contributed by atoms with Gasteiger partial charge in [0.25, 0.3) is 0 Å². The maximum absolute atomic E-state index is 11.9. The monoisotopic (exact) mass is 226 g/mol. The van der Waals surface area contributed by atoms with Gasteiger partial charge in [-0.3, -0.25) is 10.1 Å². The first-order valence-electron chi connectivity index (χ1n) is 6.26. The maximum atomic E-state index is 11.9. The van der Waals surface area contributed by atoms with E-state index < -0.39 is 0 Å². The first-order chi connectivity index (χ1) is 7.64. The van der Waals surface area contributed by atoms with E-state index in [9.17, 15) is 4.79 Å². The van der Waals surface area contributed by atoms with Crippen molar-refractivity contribution in [2.45, 2.75) is 38.6 Å². The summed E-state index contributed by atoms with van der Waals surface area (Å²) in [4.78, 5) is 13.7. The fourth-order valence-electron chi connectivity index (χ4n) is 1.99. The van der Waals surface area contributed by atoms with Crippen molar-refractivity contribution < 1.29 is 9.53 Å². The van der Waals surface area contributed by atoms with Crippen molar-refractivity contribution >= 4 is 5.91 Å². The minimum absolute atomic E-state index is 0.155. The molecule has 0 atom stereocenters. The number of amides is 1. The minimum atomic E-state index is -0.155. The molecule has 0 bridgehead atoms. The van der Waals surface area contributed by atoms with Crippen molar-refractivity contribution in [3.63, 3.8) is 0 Å². The fraction of sp³-hybridized carbons (Fsp3) is 0.917. The standard InChI is InChI=1S/C12H22N2O2/c1-10(2)3-7-16-8-6-14-9-13-12(4-5-12)11(14)15/h10,13H,3-9H2,1-2H3. The Balaban J connectivity index is 1.59. The summed E-state index contributed by atoms with van der Waals surface area (Å²) < 4.78 is 5.52. The Bertz CT molecular complexity index is 262. The van der Waals surface area contributed by atoms with Gasteiger partial charge in [0.05, 0.1) is 18.8 Å². The fourth-order valence-corrected chi connectivity index (χ4v) is 1.99. The van der Waals surface area contributed by atoms with Crippen molar-refractivity contribution in [1.29, 1.82) is 0 Å². The van der Waals surface area contributed by atoms with Gasteiger partial charge in [0.15, 0.2) is 0 Å². The van der Waals surface area contributed by atoms with E-state index in [4.69, 9.17) is 4.74 Å². The molecule has 1 spiro atoms. The SMILES string of the molecule is CC(C)CCOCCN1CNC2(CC2)C1=O. The lowest BCUT2D eigenvalue weighted by molar-refractivity contribution is -0.130. The molecule has 1 saturated heterocycles. The van der Waals surface area contributed by atoms with E-state index in [1.807, 2.05) is 4.90 Å². The van der Waals surface area contributed by atoms with Crippen LogP contribution in [0.4, 0.5) is 0 Å². The van der Waals surface area contributed by atoms with Gasteiger partial charge in [-0.2, -0.15) is 0 Å². The zero-order chi connectivity index (χ0) is 11.6. The molecule has 0 unspecified atom stereocenters. The largest absolute Gasteiger partial charge is 0.380 e. The summed E-state index contributed by atoms with van der Waals surface area (Å²) in [7, 11) is 0. The van der Waals surface area contributed by atoms with Crippen LogP contribution < -0.4 is 5.32 Å². The van der Waals surface area contributed by atoms with E-state index in [0.717, 1.165) is 32.4 Å². The van der Waals surface area contributed by atoms with Gasteiger partial charge in [-0.15, -0.1) is 0 Å². The van der Waals surface area contributed by atoms with Crippen molar-refractivity contribution in [2.75, 3.05) is 26.4 Å². The van der Waals surface area contributed by atoms with Crippen molar-refractivity contribution in [1.82, 2.24) is 10.2 Å². The molecule has 0 aromatic carbocycles. The van der Waals surface area contributed by atoms with Crippen LogP contribution in [0.25, 0.3) is 0 Å². The highest BCUT2D eigenvalue weighted by atomic mass is 16.5. The number of hydrogen-bond acceptors (Lipinski definition) is 3. The molecule has 1 N–H and O–H groups in total. The van der Waals surface area contributed by atoms with Crippen LogP contribution in [0.5, 0.6) is 0 Å². The lowest BCUT2D eigenvalue weighted by atomic mass is 10.1. The predicted octanol–water partition coefficient (Wildman–Crippen LogP) is 0.971. The Morgan fingerprint density at radius 3 is 2.75 bits per heavy atom. The number of carbonyl (C=O) groups is 1. The first-order valence-corrected chi connectivity index (χ1v) is 6.26. The summed E-state index contributed by atoms with van der Waals surface area (Å²) >= 11 is 0. The number of nitrogens with zero attached hydrogens (tertiary/aromatic N) is 1. The second-order valence-electron chi connectivity index (χ2n) is 5.28. The van der Waals surface area contributed by atoms with Crippen LogP contribution in [0.2, 0.25) is 0 Å². The van der Waals surface area contributed by atoms with E-state index in [2.05, 4.69) is 19.2 Å². The molecule has 1 aliphatic carbocycles. The van der Waals surface area contributed by atoms with Gasteiger partial charge in [-0.05, 0) is 25.2 Å². The minimum Gasteiger partial charge on any atom is -0.380 e. The van der Waals surface area contributed by atoms with E-state index in [1.54, 1.807) is 0 Å². The molecule has 4 heteroatoms. The van der Waals surface area contributed by atoms with Gasteiger partial charge in [0.1, 0.15) is 0 Å². The van der Waals surface area contributed by atoms with Gasteiger partial charge in [0.2, 0.25) is 5.91 Å². The van der Waals surface area contributed by atoms with Crippen LogP contribution in [0.1, 0.15) is 33.1 Å². The molecular weight excluding hydrogens is 204 g/mol. The molecule has 1 saturated carbocycles. The molecule has 2 aliphatic rings. The Labute approximate surface area is 97.3 Å². The first kappa shape index (κ1) is 11.9. The van der Waals surface area contributed by atoms with Crippen molar-refractivity contribution in [3.8, 4) is 0 Å². The van der Waals surface area contributed by atoms with E-state index in [1.165, 1.54) is 0 Å². The maximum Gasteiger partial charge on any atom is 0.244 e. The molecule has 0 radical (unpaired) electrons. The molecule has 2 fully saturated rings. The zero-order valence-corrected chi connectivity index (χ0v) is 10.3. The van der Waals surface area contributed by atoms with Gasteiger partial charge in [-0.1, -0.05) is 13.8 Å². The quantitative estimate of drug-likeness (QED) is 0.686. The molecule has 0 aromatic heterocycles. The lowest BCUT2D eigenvalue weighted by Crippen LogP contribution is -2.34. The van der Waals surface area contributed by atoms with Crippen LogP contribution in [-0.2, 0) is 9.53 Å². The molecule has 92 valence electrons. The Morgan fingerprint density at radius 1 is 1.44 bits per heavy atom. The Kier molecular flexibility index (Phi) is 3.50. The average molecular weight is 226 g/mol. The molecule has 1 heterocycles. The number of hydrogen-bond donors (Lipinski definition) is 1. The number of rotatable bonds is 6. The molecule has 16 heavy (non-hydrogen) atoms. The number of ether oxygens (including phenoxy) is 1. The van der Waals surface area contributed by atoms with Crippen LogP contribution >= 0.6 is 0 Å². The molecule has 0 aromatic rings. The van der Waals surface area contributed by atoms with Gasteiger partial charge >= 0.3 is 0 Å². The summed E-state index contributed by atoms with van der Waals surface area (Å²) in [5, 5.41) is 3.29. The third-order valence-electron chi connectivity index (χ3n) is 3.40. The van der Waals surface area contributed by atoms with Crippen LogP contribution in [0.3, 0.4) is 0 Å². The highest BCUT2D eigenvalue weighted by Gasteiger charge is 2.55. The van der Waals surface area contributed by atoms with E-state index >= 15 is 0 Å². The molecular formula is C12H22N2O2. The summed E-state index contributed by atoms with van der Waals surface area (Å²) in [6.45, 7) is 7.27. The average Bonchev–Trinajstić information content (AvgIpc) is 2.95. The Hall–Kier alpha value is -0.610. The lowest BCUT2D eigenvalue weighted by Gasteiger charge is -2.15. The second-order valence-corrected chi connectivity index (χ2v) is 5.28. The van der Waals surface area contributed by atoms with Crippen molar-refractivity contribution in [2.24, 2.45) is 5.92 Å². The summed E-state index contributed by atoms with van der Waals surface area (Å²) in [6.07, 6.45) is 3.11. The normalized spacial score (nSPS) is 22.4. The molecule has 1 aliphatic heterocycles. The van der Waals surface area contributed by atoms with E-state index in [-0.39, 0.29) is 11.4 Å². The highest BCUT2D eigenvalue weighted by molar-refractivity contribution is 5.91. The topological polar surface area (TPSA) is 41.6 Å². The van der Waals surface area contributed by atoms with Crippen LogP contribution in [-0.4, -0.2) is 42.8 Å². The zero-order valence-electron chi connectivity index (χ0n) is 10.3. The summed E-state index contributed by atoms with van der Waals surface area (Å²) in [5.74, 6) is 0.963. The van der Waals surface area contributed by atoms with Crippen molar-refractivity contribution in [3.05, 3.63) is 0 Å². The van der Waals surface area contributed by atoms with Crippen LogP contribution in [0.15, 0.2) is 0 Å². The van der Waals surface area contributed by atoms with Gasteiger partial charge in [-0.25, -0.2) is 0 Å². The molecule has 2 rings (SSSR count). The summed E-state index contributed by atoms with van der Waals surface area (Å²) in [5.41, 5.74) is -0.155. The number of nitrogens with one attached hydrogen (secondary N) is 1. The highest BCUT2D eigenvalue weighted by Crippen LogP contribution is 2.39. The van der Waals surface area contributed by atoms with Crippen LogP contribution in [0, 0.1) is 5.92 Å². The third kappa shape index (κ3) is 2.55. The smallest absolute Gasteiger partial charge is 0.244 e. The number of carbonyl (C=O) groups excluding carboxylic acids is 1. The molecule has 4 nitrogen and oxygen atoms in total. The molecule has 1 amide bonds. The second kappa shape index (κ2) is 4.72. The van der Waals surface area contributed by atoms with Gasteiger partial charge < -0.3 is 9.64 Å². The van der Waals surface area contributed by atoms with E-state index in [0.29, 0.717) is 19.2 Å². The Morgan fingerprint density at radius 2 is 2.19 bits per heavy atom. The predicted molar refractivity (Wildman–Crippen MR) is 62.0 cm³/mol.